The molecule has 0 saturated carbocycles. The van der Waals surface area contributed by atoms with Gasteiger partial charge in [-0.15, -0.1) is 0 Å². The predicted octanol–water partition coefficient (Wildman–Crippen LogP) is 2.30. The Morgan fingerprint density at radius 1 is 1.32 bits per heavy atom. The zero-order chi connectivity index (χ0) is 13.4. The Kier molecular flexibility index (Phi) is 2.85. The summed E-state index contributed by atoms with van der Waals surface area (Å²) in [6.45, 7) is 4.32. The molecular weight excluding hydrogens is 240 g/mol. The van der Waals surface area contributed by atoms with Crippen molar-refractivity contribution in [2.75, 3.05) is 6.61 Å². The van der Waals surface area contributed by atoms with E-state index in [1.165, 1.54) is 0 Å². The number of H-pyrrole nitrogens is 1. The number of aromatic nitrogens is 2. The maximum Gasteiger partial charge on any atom is 0.254 e. The minimum Gasteiger partial charge on any atom is -0.493 e. The highest BCUT2D eigenvalue weighted by Gasteiger charge is 2.25. The molecule has 1 aromatic heterocycles. The molecular formula is C15H16N2O2. The molecule has 1 aromatic carbocycles. The number of ether oxygens (including phenoxy) is 1. The second-order valence-electron chi connectivity index (χ2n) is 4.89. The van der Waals surface area contributed by atoms with Crippen LogP contribution in [0.4, 0.5) is 0 Å². The number of hydrogen-bond acceptors (Lipinski definition) is 3. The molecule has 0 amide bonds. The molecule has 1 aliphatic heterocycles. The van der Waals surface area contributed by atoms with Crippen molar-refractivity contribution in [2.24, 2.45) is 0 Å². The zero-order valence-electron chi connectivity index (χ0n) is 11.1. The van der Waals surface area contributed by atoms with E-state index in [0.717, 1.165) is 29.3 Å². The van der Waals surface area contributed by atoms with Gasteiger partial charge in [-0.25, -0.2) is 4.98 Å². The molecule has 1 unspecified atom stereocenters. The first-order valence-corrected chi connectivity index (χ1v) is 6.46. The number of nitrogens with one attached hydrogen (secondary N) is 1. The fourth-order valence-electron chi connectivity index (χ4n) is 2.46. The van der Waals surface area contributed by atoms with Crippen LogP contribution in [-0.4, -0.2) is 16.6 Å². The SMILES string of the molecule is Cc1nc(C2CCOc3ccccc32)[nH]c(=O)c1C. The van der Waals surface area contributed by atoms with Gasteiger partial charge in [0.1, 0.15) is 11.6 Å². The summed E-state index contributed by atoms with van der Waals surface area (Å²) in [4.78, 5) is 19.3. The molecule has 0 bridgehead atoms. The van der Waals surface area contributed by atoms with E-state index in [4.69, 9.17) is 4.74 Å². The van der Waals surface area contributed by atoms with E-state index in [2.05, 4.69) is 9.97 Å². The number of nitrogens with zero attached hydrogens (tertiary/aromatic N) is 1. The van der Waals surface area contributed by atoms with Gasteiger partial charge in [0.25, 0.3) is 5.56 Å². The highest BCUT2D eigenvalue weighted by molar-refractivity contribution is 5.41. The van der Waals surface area contributed by atoms with Crippen LogP contribution in [0.25, 0.3) is 0 Å². The van der Waals surface area contributed by atoms with Gasteiger partial charge in [-0.2, -0.15) is 0 Å². The monoisotopic (exact) mass is 256 g/mol. The van der Waals surface area contributed by atoms with E-state index < -0.39 is 0 Å². The third-order valence-electron chi connectivity index (χ3n) is 3.70. The Balaban J connectivity index is 2.12. The van der Waals surface area contributed by atoms with Crippen LogP contribution < -0.4 is 10.3 Å². The van der Waals surface area contributed by atoms with Crippen LogP contribution in [0, 0.1) is 13.8 Å². The third kappa shape index (κ3) is 2.03. The fraction of sp³-hybridized carbons (Fsp3) is 0.333. The lowest BCUT2D eigenvalue weighted by Crippen LogP contribution is -2.22. The second kappa shape index (κ2) is 4.53. The number of hydrogen-bond donors (Lipinski definition) is 1. The van der Waals surface area contributed by atoms with Gasteiger partial charge in [-0.1, -0.05) is 18.2 Å². The van der Waals surface area contributed by atoms with Gasteiger partial charge < -0.3 is 9.72 Å². The molecule has 0 fully saturated rings. The molecule has 4 heteroatoms. The Hall–Kier alpha value is -2.10. The summed E-state index contributed by atoms with van der Waals surface area (Å²) >= 11 is 0. The van der Waals surface area contributed by atoms with Crippen molar-refractivity contribution in [2.45, 2.75) is 26.2 Å². The molecule has 1 atom stereocenters. The minimum atomic E-state index is -0.0496. The van der Waals surface area contributed by atoms with Crippen molar-refractivity contribution in [1.82, 2.24) is 9.97 Å². The predicted molar refractivity (Wildman–Crippen MR) is 72.7 cm³/mol. The molecule has 0 aliphatic carbocycles. The molecule has 0 saturated heterocycles. The molecule has 2 heterocycles. The maximum atomic E-state index is 11.9. The first kappa shape index (κ1) is 12.0. The van der Waals surface area contributed by atoms with Gasteiger partial charge in [0.2, 0.25) is 0 Å². The highest BCUT2D eigenvalue weighted by atomic mass is 16.5. The Morgan fingerprint density at radius 2 is 2.11 bits per heavy atom. The first-order valence-electron chi connectivity index (χ1n) is 6.46. The molecule has 0 spiro atoms. The second-order valence-corrected chi connectivity index (χ2v) is 4.89. The summed E-state index contributed by atoms with van der Waals surface area (Å²) in [5.41, 5.74) is 2.53. The van der Waals surface area contributed by atoms with Crippen LogP contribution in [0.15, 0.2) is 29.1 Å². The van der Waals surface area contributed by atoms with Crippen molar-refractivity contribution < 1.29 is 4.74 Å². The average Bonchev–Trinajstić information content (AvgIpc) is 2.43. The molecule has 4 nitrogen and oxygen atoms in total. The lowest BCUT2D eigenvalue weighted by Gasteiger charge is -2.25. The van der Waals surface area contributed by atoms with E-state index in [0.29, 0.717) is 12.2 Å². The number of rotatable bonds is 1. The third-order valence-corrected chi connectivity index (χ3v) is 3.70. The Morgan fingerprint density at radius 3 is 2.89 bits per heavy atom. The number of benzene rings is 1. The lowest BCUT2D eigenvalue weighted by atomic mass is 9.92. The summed E-state index contributed by atoms with van der Waals surface area (Å²) in [6.07, 6.45) is 0.836. The summed E-state index contributed by atoms with van der Waals surface area (Å²) in [5, 5.41) is 0. The van der Waals surface area contributed by atoms with Crippen LogP contribution in [0.2, 0.25) is 0 Å². The standard InChI is InChI=1S/C15H16N2O2/c1-9-10(2)16-14(17-15(9)18)12-7-8-19-13-6-4-3-5-11(12)13/h3-6,12H,7-8H2,1-2H3,(H,16,17,18). The largest absolute Gasteiger partial charge is 0.493 e. The minimum absolute atomic E-state index is 0.0496. The van der Waals surface area contributed by atoms with E-state index in [1.807, 2.05) is 31.2 Å². The quantitative estimate of drug-likeness (QED) is 0.851. The average molecular weight is 256 g/mol. The van der Waals surface area contributed by atoms with E-state index >= 15 is 0 Å². The molecule has 1 aliphatic rings. The maximum absolute atomic E-state index is 11.9. The number of fused-ring (bicyclic) bond motifs is 1. The van der Waals surface area contributed by atoms with Crippen molar-refractivity contribution in [3.63, 3.8) is 0 Å². The summed E-state index contributed by atoms with van der Waals surface area (Å²) in [6, 6.07) is 7.94. The van der Waals surface area contributed by atoms with Gasteiger partial charge in [-0.05, 0) is 26.3 Å². The van der Waals surface area contributed by atoms with Crippen LogP contribution >= 0.6 is 0 Å². The normalized spacial score (nSPS) is 17.7. The molecule has 1 N–H and O–H groups in total. The Bertz CT molecular complexity index is 676. The zero-order valence-corrected chi connectivity index (χ0v) is 11.1. The van der Waals surface area contributed by atoms with Gasteiger partial charge >= 0.3 is 0 Å². The van der Waals surface area contributed by atoms with E-state index in [-0.39, 0.29) is 11.5 Å². The van der Waals surface area contributed by atoms with Crippen molar-refractivity contribution in [1.29, 1.82) is 0 Å². The number of aryl methyl sites for hydroxylation is 1. The van der Waals surface area contributed by atoms with Crippen LogP contribution in [0.5, 0.6) is 5.75 Å². The molecule has 98 valence electrons. The van der Waals surface area contributed by atoms with Crippen molar-refractivity contribution in [3.8, 4) is 5.75 Å². The number of aromatic amines is 1. The van der Waals surface area contributed by atoms with E-state index in [9.17, 15) is 4.79 Å². The molecule has 3 rings (SSSR count). The topological polar surface area (TPSA) is 55.0 Å². The first-order chi connectivity index (χ1) is 9.16. The van der Waals surface area contributed by atoms with Gasteiger partial charge in [0, 0.05) is 22.7 Å². The molecule has 0 radical (unpaired) electrons. The fourth-order valence-corrected chi connectivity index (χ4v) is 2.46. The van der Waals surface area contributed by atoms with Crippen molar-refractivity contribution in [3.05, 3.63) is 57.3 Å². The summed E-state index contributed by atoms with van der Waals surface area (Å²) in [5.74, 6) is 1.74. The molecule has 2 aromatic rings. The molecule has 19 heavy (non-hydrogen) atoms. The Labute approximate surface area is 111 Å². The van der Waals surface area contributed by atoms with E-state index in [1.54, 1.807) is 6.92 Å². The lowest BCUT2D eigenvalue weighted by molar-refractivity contribution is 0.274. The summed E-state index contributed by atoms with van der Waals surface area (Å²) in [7, 11) is 0. The summed E-state index contributed by atoms with van der Waals surface area (Å²) < 4.78 is 5.64. The highest BCUT2D eigenvalue weighted by Crippen LogP contribution is 2.36. The number of para-hydroxylation sites is 1. The van der Waals surface area contributed by atoms with Crippen LogP contribution in [0.3, 0.4) is 0 Å². The van der Waals surface area contributed by atoms with Gasteiger partial charge in [0.15, 0.2) is 0 Å². The smallest absolute Gasteiger partial charge is 0.254 e. The van der Waals surface area contributed by atoms with Crippen LogP contribution in [0.1, 0.15) is 35.0 Å². The van der Waals surface area contributed by atoms with Gasteiger partial charge in [-0.3, -0.25) is 4.79 Å². The van der Waals surface area contributed by atoms with Crippen LogP contribution in [-0.2, 0) is 0 Å². The van der Waals surface area contributed by atoms with Gasteiger partial charge in [0.05, 0.1) is 6.61 Å². The van der Waals surface area contributed by atoms with Crippen molar-refractivity contribution >= 4 is 0 Å².